The van der Waals surface area contributed by atoms with E-state index < -0.39 is 31.0 Å². The van der Waals surface area contributed by atoms with Crippen LogP contribution in [0, 0.1) is 0 Å². The Balaban J connectivity index is 1.44. The molecular formula is C24H27F2N5O4. The number of fused-ring (bicyclic) bond motifs is 1. The molecule has 0 radical (unpaired) electrons. The largest absolute Gasteiger partial charge is 0.445 e. The number of piperidine rings is 1. The third-order valence-corrected chi connectivity index (χ3v) is 6.82. The van der Waals surface area contributed by atoms with E-state index in [1.807, 2.05) is 19.2 Å². The zero-order valence-electron chi connectivity index (χ0n) is 19.5. The molecule has 186 valence electrons. The molecule has 1 aliphatic carbocycles. The zero-order valence-corrected chi connectivity index (χ0v) is 19.5. The van der Waals surface area contributed by atoms with Gasteiger partial charge < -0.3 is 15.0 Å². The van der Waals surface area contributed by atoms with E-state index in [4.69, 9.17) is 4.74 Å². The summed E-state index contributed by atoms with van der Waals surface area (Å²) >= 11 is 0. The van der Waals surface area contributed by atoms with Crippen LogP contribution in [-0.2, 0) is 14.3 Å². The van der Waals surface area contributed by atoms with Crippen LogP contribution < -0.4 is 15.1 Å². The minimum Gasteiger partial charge on any atom is -0.445 e. The molecule has 3 amide bonds. The highest BCUT2D eigenvalue weighted by molar-refractivity contribution is 6.03. The quantitative estimate of drug-likeness (QED) is 0.715. The molecule has 2 unspecified atom stereocenters. The van der Waals surface area contributed by atoms with Gasteiger partial charge in [-0.3, -0.25) is 19.2 Å². The maximum atomic E-state index is 13.2. The molecule has 1 aromatic heterocycles. The van der Waals surface area contributed by atoms with Crippen molar-refractivity contribution in [2.75, 3.05) is 22.9 Å². The van der Waals surface area contributed by atoms with Crippen LogP contribution in [0.4, 0.5) is 25.0 Å². The molecule has 3 aliphatic rings. The van der Waals surface area contributed by atoms with Crippen LogP contribution in [-0.4, -0.2) is 58.8 Å². The van der Waals surface area contributed by atoms with E-state index in [0.29, 0.717) is 24.3 Å². The number of anilines is 2. The van der Waals surface area contributed by atoms with Crippen molar-refractivity contribution in [2.24, 2.45) is 0 Å². The van der Waals surface area contributed by atoms with E-state index >= 15 is 0 Å². The third kappa shape index (κ3) is 4.46. The first-order chi connectivity index (χ1) is 16.6. The Morgan fingerprint density at radius 2 is 1.97 bits per heavy atom. The zero-order chi connectivity index (χ0) is 24.9. The fourth-order valence-electron chi connectivity index (χ4n) is 5.03. The Kier molecular flexibility index (Phi) is 5.72. The van der Waals surface area contributed by atoms with Crippen molar-refractivity contribution >= 4 is 29.3 Å². The number of hydrogen-bond donors (Lipinski definition) is 1. The summed E-state index contributed by atoms with van der Waals surface area (Å²) < 4.78 is 33.6. The number of amides is 3. The highest BCUT2D eigenvalue weighted by atomic mass is 19.3. The second-order valence-corrected chi connectivity index (χ2v) is 9.53. The van der Waals surface area contributed by atoms with Gasteiger partial charge in [0.1, 0.15) is 6.10 Å². The molecule has 0 bridgehead atoms. The lowest BCUT2D eigenvalue weighted by molar-refractivity contribution is -0.143. The lowest BCUT2D eigenvalue weighted by atomic mass is 9.91. The van der Waals surface area contributed by atoms with Crippen molar-refractivity contribution in [1.29, 1.82) is 0 Å². The Morgan fingerprint density at radius 1 is 1.20 bits per heavy atom. The number of aromatic nitrogens is 2. The van der Waals surface area contributed by atoms with E-state index in [2.05, 4.69) is 10.4 Å². The van der Waals surface area contributed by atoms with Crippen molar-refractivity contribution in [3.63, 3.8) is 0 Å². The fourth-order valence-corrected chi connectivity index (χ4v) is 5.03. The molecule has 2 aliphatic heterocycles. The molecule has 5 rings (SSSR count). The maximum Gasteiger partial charge on any atom is 0.414 e. The summed E-state index contributed by atoms with van der Waals surface area (Å²) in [4.78, 5) is 40.1. The van der Waals surface area contributed by atoms with Crippen LogP contribution >= 0.6 is 0 Å². The number of alkyl halides is 2. The molecule has 1 aromatic carbocycles. The van der Waals surface area contributed by atoms with Gasteiger partial charge in [-0.15, -0.1) is 0 Å². The van der Waals surface area contributed by atoms with Crippen LogP contribution in [0.1, 0.15) is 45.6 Å². The van der Waals surface area contributed by atoms with Gasteiger partial charge >= 0.3 is 6.09 Å². The predicted octanol–water partition coefficient (Wildman–Crippen LogP) is 3.50. The lowest BCUT2D eigenvalue weighted by Gasteiger charge is -2.42. The molecule has 1 saturated carbocycles. The van der Waals surface area contributed by atoms with Crippen molar-refractivity contribution in [1.82, 2.24) is 15.1 Å². The molecular weight excluding hydrogens is 460 g/mol. The summed E-state index contributed by atoms with van der Waals surface area (Å²) in [6.07, 6.45) is 2.21. The first kappa shape index (κ1) is 23.3. The van der Waals surface area contributed by atoms with Gasteiger partial charge in [0, 0.05) is 51.0 Å². The Hall–Kier alpha value is -3.50. The molecule has 1 N–H and O–H groups in total. The molecule has 2 fully saturated rings. The summed E-state index contributed by atoms with van der Waals surface area (Å²) in [5, 5.41) is 7.25. The molecule has 0 spiro atoms. The lowest BCUT2D eigenvalue weighted by Crippen LogP contribution is -2.53. The first-order valence-corrected chi connectivity index (χ1v) is 11.7. The fraction of sp³-hybridized carbons (Fsp3) is 0.500. The number of rotatable bonds is 3. The van der Waals surface area contributed by atoms with E-state index in [9.17, 15) is 23.2 Å². The summed E-state index contributed by atoms with van der Waals surface area (Å²) in [5.41, 5.74) is 2.57. The molecule has 3 heterocycles. The average molecular weight is 488 g/mol. The van der Waals surface area contributed by atoms with E-state index in [0.717, 1.165) is 17.5 Å². The standard InChI is InChI=1S/C24H27F2N5O4/c1-14-12-29(23(34)35-19-9-24(25,26)10-19)21-7-16(3-4-20(21)31(14)15(2)32)17-11-28-30(13-17)18-5-6-27-22(33)8-18/h3-4,7,11,13-14,18-19H,5-6,8-10,12H2,1-2H3,(H,27,33). The van der Waals surface area contributed by atoms with E-state index in [1.165, 1.54) is 11.8 Å². The number of carbonyl (C=O) groups excluding carboxylic acids is 3. The third-order valence-electron chi connectivity index (χ3n) is 6.82. The van der Waals surface area contributed by atoms with Crippen LogP contribution in [0.3, 0.4) is 0 Å². The molecule has 11 heteroatoms. The Bertz CT molecular complexity index is 1170. The first-order valence-electron chi connectivity index (χ1n) is 11.7. The van der Waals surface area contributed by atoms with Gasteiger partial charge in [-0.25, -0.2) is 13.6 Å². The number of halogens is 2. The number of hydrogen-bond acceptors (Lipinski definition) is 5. The van der Waals surface area contributed by atoms with Crippen LogP contribution in [0.2, 0.25) is 0 Å². The Labute approximate surface area is 201 Å². The van der Waals surface area contributed by atoms with Gasteiger partial charge in [0.05, 0.1) is 29.7 Å². The molecule has 2 aromatic rings. The number of nitrogens with one attached hydrogen (secondary N) is 1. The number of carbonyl (C=O) groups is 3. The van der Waals surface area contributed by atoms with Crippen LogP contribution in [0.15, 0.2) is 30.6 Å². The summed E-state index contributed by atoms with van der Waals surface area (Å²) in [5.74, 6) is -2.97. The topological polar surface area (TPSA) is 96.8 Å². The number of ether oxygens (including phenoxy) is 1. The van der Waals surface area contributed by atoms with Gasteiger partial charge in [-0.05, 0) is 31.0 Å². The van der Waals surface area contributed by atoms with Crippen LogP contribution in [0.5, 0.6) is 0 Å². The highest BCUT2D eigenvalue weighted by Gasteiger charge is 2.48. The van der Waals surface area contributed by atoms with Gasteiger partial charge in [-0.2, -0.15) is 5.10 Å². The van der Waals surface area contributed by atoms with Gasteiger partial charge in [-0.1, -0.05) is 6.07 Å². The normalized spacial score (nSPS) is 23.8. The van der Waals surface area contributed by atoms with Gasteiger partial charge in [0.2, 0.25) is 11.8 Å². The summed E-state index contributed by atoms with van der Waals surface area (Å²) in [6, 6.07) is 5.04. The van der Waals surface area contributed by atoms with Crippen molar-refractivity contribution in [2.45, 2.75) is 63.6 Å². The molecule has 9 nitrogen and oxygen atoms in total. The smallest absolute Gasteiger partial charge is 0.414 e. The van der Waals surface area contributed by atoms with Crippen molar-refractivity contribution in [3.8, 4) is 11.1 Å². The van der Waals surface area contributed by atoms with Crippen LogP contribution in [0.25, 0.3) is 11.1 Å². The second-order valence-electron chi connectivity index (χ2n) is 9.53. The van der Waals surface area contributed by atoms with Gasteiger partial charge in [0.15, 0.2) is 0 Å². The molecule has 2 atom stereocenters. The number of benzene rings is 1. The maximum absolute atomic E-state index is 13.2. The highest BCUT2D eigenvalue weighted by Crippen LogP contribution is 2.42. The van der Waals surface area contributed by atoms with E-state index in [-0.39, 0.29) is 30.4 Å². The SMILES string of the molecule is CC(=O)N1c2ccc(-c3cnn(C4CCNC(=O)C4)c3)cc2N(C(=O)OC2CC(F)(F)C2)CC1C. The molecule has 1 saturated heterocycles. The number of nitrogens with zero attached hydrogens (tertiary/aromatic N) is 4. The average Bonchev–Trinajstić information content (AvgIpc) is 3.27. The minimum atomic E-state index is -2.80. The monoisotopic (exact) mass is 487 g/mol. The molecule has 35 heavy (non-hydrogen) atoms. The van der Waals surface area contributed by atoms with Crippen molar-refractivity contribution in [3.05, 3.63) is 30.6 Å². The Morgan fingerprint density at radius 3 is 2.66 bits per heavy atom. The predicted molar refractivity (Wildman–Crippen MR) is 123 cm³/mol. The van der Waals surface area contributed by atoms with E-state index in [1.54, 1.807) is 27.9 Å². The van der Waals surface area contributed by atoms with Gasteiger partial charge in [0.25, 0.3) is 5.92 Å². The summed E-state index contributed by atoms with van der Waals surface area (Å²) in [7, 11) is 0. The summed E-state index contributed by atoms with van der Waals surface area (Å²) in [6.45, 7) is 4.05. The second kappa shape index (κ2) is 8.62. The van der Waals surface area contributed by atoms with Crippen molar-refractivity contribution < 1.29 is 27.9 Å². The minimum absolute atomic E-state index is 0.0103.